The molecule has 0 aliphatic carbocycles. The highest BCUT2D eigenvalue weighted by atomic mass is 15.0. The molecule has 4 aromatic rings. The lowest BCUT2D eigenvalue weighted by molar-refractivity contribution is 1.35. The van der Waals surface area contributed by atoms with E-state index in [1.54, 1.807) is 0 Å². The Hall–Kier alpha value is -3.07. The molecule has 0 saturated heterocycles. The topological polar surface area (TPSA) is 54.7 Å². The van der Waals surface area contributed by atoms with Crippen LogP contribution < -0.4 is 5.73 Å². The lowest BCUT2D eigenvalue weighted by Gasteiger charge is -2.10. The fraction of sp³-hybridized carbons (Fsp3) is 0. The Morgan fingerprint density at radius 2 is 1.27 bits per heavy atom. The normalized spacial score (nSPS) is 10.9. The smallest absolute Gasteiger partial charge is 0.198 e. The molecule has 22 heavy (non-hydrogen) atoms. The summed E-state index contributed by atoms with van der Waals surface area (Å²) in [6, 6.07) is 24.9. The largest absolute Gasteiger partial charge is 0.369 e. The van der Waals surface area contributed by atoms with Gasteiger partial charge in [0.1, 0.15) is 0 Å². The summed E-state index contributed by atoms with van der Waals surface area (Å²) in [4.78, 5) is 7.47. The van der Waals surface area contributed by atoms with Crippen molar-refractivity contribution in [3.05, 3.63) is 72.8 Å². The van der Waals surface area contributed by atoms with Crippen molar-refractivity contribution in [2.45, 2.75) is 0 Å². The lowest BCUT2D eigenvalue weighted by atomic mass is 9.94. The van der Waals surface area contributed by atoms with E-state index in [4.69, 9.17) is 5.73 Å². The summed E-state index contributed by atoms with van der Waals surface area (Å²) in [6.07, 6.45) is 0. The van der Waals surface area contributed by atoms with Crippen LogP contribution in [0, 0.1) is 0 Å². The fourth-order valence-corrected chi connectivity index (χ4v) is 2.79. The van der Waals surface area contributed by atoms with E-state index in [0.29, 0.717) is 5.95 Å². The third-order valence-electron chi connectivity index (χ3n) is 3.81. The number of H-pyrrole nitrogens is 1. The Kier molecular flexibility index (Phi) is 2.90. The maximum atomic E-state index is 5.80. The van der Waals surface area contributed by atoms with Crippen LogP contribution in [-0.4, -0.2) is 9.97 Å². The van der Waals surface area contributed by atoms with Crippen LogP contribution in [0.15, 0.2) is 72.8 Å². The SMILES string of the molecule is Nc1nc2cc(-c3ccccc3)c(-c3ccccc3)cc2[nH]1. The zero-order valence-electron chi connectivity index (χ0n) is 12.0. The van der Waals surface area contributed by atoms with Gasteiger partial charge in [-0.25, -0.2) is 4.98 Å². The molecule has 1 heterocycles. The van der Waals surface area contributed by atoms with Crippen LogP contribution in [0.3, 0.4) is 0 Å². The quantitative estimate of drug-likeness (QED) is 0.570. The van der Waals surface area contributed by atoms with Gasteiger partial charge in [-0.3, -0.25) is 0 Å². The Balaban J connectivity index is 2.04. The second-order valence-electron chi connectivity index (χ2n) is 5.27. The number of nitrogens with zero attached hydrogens (tertiary/aromatic N) is 1. The van der Waals surface area contributed by atoms with Crippen molar-refractivity contribution in [3.8, 4) is 22.3 Å². The lowest BCUT2D eigenvalue weighted by Crippen LogP contribution is -1.86. The van der Waals surface area contributed by atoms with Gasteiger partial charge < -0.3 is 10.7 Å². The Morgan fingerprint density at radius 3 is 1.86 bits per heavy atom. The van der Waals surface area contributed by atoms with Gasteiger partial charge >= 0.3 is 0 Å². The third-order valence-corrected chi connectivity index (χ3v) is 3.81. The van der Waals surface area contributed by atoms with Crippen molar-refractivity contribution in [1.82, 2.24) is 9.97 Å². The molecule has 0 spiro atoms. The predicted octanol–water partition coefficient (Wildman–Crippen LogP) is 4.48. The first kappa shape index (κ1) is 12.7. The standard InChI is InChI=1S/C19H15N3/c20-19-21-17-11-15(13-7-3-1-4-8-13)16(12-18(17)22-19)14-9-5-2-6-10-14/h1-12H,(H3,20,21,22). The molecule has 0 aliphatic heterocycles. The summed E-state index contributed by atoms with van der Waals surface area (Å²) in [5, 5.41) is 0. The van der Waals surface area contributed by atoms with Crippen LogP contribution in [0.2, 0.25) is 0 Å². The third kappa shape index (κ3) is 2.13. The average Bonchev–Trinajstić information content (AvgIpc) is 2.94. The van der Waals surface area contributed by atoms with Gasteiger partial charge in [0, 0.05) is 0 Å². The van der Waals surface area contributed by atoms with E-state index in [1.165, 1.54) is 16.7 Å². The number of imidazole rings is 1. The molecule has 0 unspecified atom stereocenters. The van der Waals surface area contributed by atoms with Crippen molar-refractivity contribution in [1.29, 1.82) is 0 Å². The van der Waals surface area contributed by atoms with Gasteiger partial charge in [0.25, 0.3) is 0 Å². The van der Waals surface area contributed by atoms with E-state index in [2.05, 4.69) is 58.5 Å². The monoisotopic (exact) mass is 285 g/mol. The van der Waals surface area contributed by atoms with Crippen LogP contribution in [0.5, 0.6) is 0 Å². The number of hydrogen-bond acceptors (Lipinski definition) is 2. The van der Waals surface area contributed by atoms with Gasteiger partial charge in [-0.2, -0.15) is 0 Å². The zero-order valence-corrected chi connectivity index (χ0v) is 12.0. The minimum Gasteiger partial charge on any atom is -0.369 e. The molecule has 0 amide bonds. The molecule has 0 saturated carbocycles. The van der Waals surface area contributed by atoms with Crippen LogP contribution >= 0.6 is 0 Å². The first-order chi connectivity index (χ1) is 10.8. The van der Waals surface area contributed by atoms with Crippen molar-refractivity contribution in [2.24, 2.45) is 0 Å². The van der Waals surface area contributed by atoms with Gasteiger partial charge in [0.05, 0.1) is 11.0 Å². The van der Waals surface area contributed by atoms with Crippen molar-refractivity contribution in [3.63, 3.8) is 0 Å². The van der Waals surface area contributed by atoms with Gasteiger partial charge in [-0.15, -0.1) is 0 Å². The molecule has 0 aliphatic rings. The Labute approximate surface area is 128 Å². The Morgan fingerprint density at radius 1 is 0.727 bits per heavy atom. The first-order valence-corrected chi connectivity index (χ1v) is 7.21. The second-order valence-corrected chi connectivity index (χ2v) is 5.27. The molecule has 0 fully saturated rings. The van der Waals surface area contributed by atoms with Crippen LogP contribution in [0.25, 0.3) is 33.3 Å². The minimum absolute atomic E-state index is 0.444. The minimum atomic E-state index is 0.444. The molecule has 3 N–H and O–H groups in total. The number of nitrogens with two attached hydrogens (primary N) is 1. The van der Waals surface area contributed by atoms with E-state index < -0.39 is 0 Å². The molecule has 3 heteroatoms. The molecular formula is C19H15N3. The van der Waals surface area contributed by atoms with Gasteiger partial charge in [0.15, 0.2) is 5.95 Å². The van der Waals surface area contributed by atoms with E-state index in [0.717, 1.165) is 16.6 Å². The number of aromatic amines is 1. The summed E-state index contributed by atoms with van der Waals surface area (Å²) in [7, 11) is 0. The number of aromatic nitrogens is 2. The van der Waals surface area contributed by atoms with E-state index in [1.807, 2.05) is 24.3 Å². The van der Waals surface area contributed by atoms with E-state index in [-0.39, 0.29) is 0 Å². The van der Waals surface area contributed by atoms with Gasteiger partial charge in [-0.05, 0) is 34.4 Å². The van der Waals surface area contributed by atoms with Crippen LogP contribution in [0.4, 0.5) is 5.95 Å². The predicted molar refractivity (Wildman–Crippen MR) is 91.4 cm³/mol. The average molecular weight is 285 g/mol. The van der Waals surface area contributed by atoms with Crippen molar-refractivity contribution >= 4 is 17.0 Å². The van der Waals surface area contributed by atoms with E-state index >= 15 is 0 Å². The van der Waals surface area contributed by atoms with Crippen LogP contribution in [0.1, 0.15) is 0 Å². The summed E-state index contributed by atoms with van der Waals surface area (Å²) in [6.45, 7) is 0. The van der Waals surface area contributed by atoms with Crippen molar-refractivity contribution < 1.29 is 0 Å². The van der Waals surface area contributed by atoms with Crippen LogP contribution in [-0.2, 0) is 0 Å². The molecule has 0 radical (unpaired) electrons. The number of anilines is 1. The molecule has 1 aromatic heterocycles. The molecule has 4 rings (SSSR count). The number of benzene rings is 3. The Bertz CT molecular complexity index is 848. The maximum absolute atomic E-state index is 5.80. The highest BCUT2D eigenvalue weighted by Gasteiger charge is 2.11. The number of rotatable bonds is 2. The number of fused-ring (bicyclic) bond motifs is 1. The van der Waals surface area contributed by atoms with E-state index in [9.17, 15) is 0 Å². The molecule has 106 valence electrons. The second kappa shape index (κ2) is 5.04. The fourth-order valence-electron chi connectivity index (χ4n) is 2.79. The summed E-state index contributed by atoms with van der Waals surface area (Å²) in [5.74, 6) is 0.444. The highest BCUT2D eigenvalue weighted by Crippen LogP contribution is 2.35. The maximum Gasteiger partial charge on any atom is 0.198 e. The zero-order chi connectivity index (χ0) is 14.9. The highest BCUT2D eigenvalue weighted by molar-refractivity contribution is 5.94. The number of nitrogen functional groups attached to an aromatic ring is 1. The molecule has 3 aromatic carbocycles. The molecular weight excluding hydrogens is 270 g/mol. The number of hydrogen-bond donors (Lipinski definition) is 2. The summed E-state index contributed by atoms with van der Waals surface area (Å²) < 4.78 is 0. The van der Waals surface area contributed by atoms with Crippen molar-refractivity contribution in [2.75, 3.05) is 5.73 Å². The first-order valence-electron chi connectivity index (χ1n) is 7.21. The number of nitrogens with one attached hydrogen (secondary N) is 1. The summed E-state index contributed by atoms with van der Waals surface area (Å²) >= 11 is 0. The molecule has 3 nitrogen and oxygen atoms in total. The molecule has 0 atom stereocenters. The summed E-state index contributed by atoms with van der Waals surface area (Å²) in [5.41, 5.74) is 12.3. The molecule has 0 bridgehead atoms. The van der Waals surface area contributed by atoms with Gasteiger partial charge in [-0.1, -0.05) is 60.7 Å². The van der Waals surface area contributed by atoms with Gasteiger partial charge in [0.2, 0.25) is 0 Å².